The van der Waals surface area contributed by atoms with Crippen molar-refractivity contribution in [1.29, 1.82) is 0 Å². The summed E-state index contributed by atoms with van der Waals surface area (Å²) in [5, 5.41) is 9.23. The van der Waals surface area contributed by atoms with Gasteiger partial charge in [0, 0.05) is 13.1 Å². The molecule has 1 aliphatic heterocycles. The molecule has 1 N–H and O–H groups in total. The lowest BCUT2D eigenvalue weighted by atomic mass is 9.90. The van der Waals surface area contributed by atoms with Crippen LogP contribution in [0.5, 0.6) is 5.75 Å². The first-order chi connectivity index (χ1) is 10.2. The summed E-state index contributed by atoms with van der Waals surface area (Å²) in [5.41, 5.74) is 0.231. The van der Waals surface area contributed by atoms with Gasteiger partial charge in [-0.05, 0) is 60.8 Å². The number of rotatable bonds is 4. The first-order valence-electron chi connectivity index (χ1n) is 7.18. The van der Waals surface area contributed by atoms with E-state index in [1.54, 1.807) is 18.7 Å². The number of carboxylic acid groups (broad SMARTS) is 1. The zero-order valence-corrected chi connectivity index (χ0v) is 14.5. The molecule has 22 heavy (non-hydrogen) atoms. The minimum absolute atomic E-state index is 0.183. The van der Waals surface area contributed by atoms with Crippen molar-refractivity contribution < 1.29 is 19.4 Å². The standard InChI is InChI=1S/C16H20BrNO4/c1-10-4-5-13(12(17)8-10)22-11(2)14(19)18-7-6-16(3,9-18)15(20)21/h4-5,8,11H,6-7,9H2,1-3H3,(H,20,21). The molecule has 0 bridgehead atoms. The first kappa shape index (κ1) is 16.8. The lowest BCUT2D eigenvalue weighted by molar-refractivity contribution is -0.147. The van der Waals surface area contributed by atoms with Gasteiger partial charge in [-0.2, -0.15) is 0 Å². The summed E-state index contributed by atoms with van der Waals surface area (Å²) in [5.74, 6) is -0.443. The molecule has 6 heteroatoms. The molecule has 0 aliphatic carbocycles. The summed E-state index contributed by atoms with van der Waals surface area (Å²) >= 11 is 3.42. The summed E-state index contributed by atoms with van der Waals surface area (Å²) in [6, 6.07) is 5.65. The molecule has 1 amide bonds. The summed E-state index contributed by atoms with van der Waals surface area (Å²) in [6.45, 7) is 6.00. The third-order valence-corrected chi connectivity index (χ3v) is 4.66. The monoisotopic (exact) mass is 369 g/mol. The highest BCUT2D eigenvalue weighted by atomic mass is 79.9. The molecule has 1 heterocycles. The molecule has 1 saturated heterocycles. The minimum atomic E-state index is -0.863. The average Bonchev–Trinajstić information content (AvgIpc) is 2.85. The highest BCUT2D eigenvalue weighted by Gasteiger charge is 2.43. The first-order valence-corrected chi connectivity index (χ1v) is 7.97. The smallest absolute Gasteiger partial charge is 0.311 e. The van der Waals surface area contributed by atoms with Crippen LogP contribution in [0.2, 0.25) is 0 Å². The molecule has 5 nitrogen and oxygen atoms in total. The van der Waals surface area contributed by atoms with Crippen LogP contribution in [0.4, 0.5) is 0 Å². The number of carbonyl (C=O) groups excluding carboxylic acids is 1. The van der Waals surface area contributed by atoms with Crippen LogP contribution in [-0.4, -0.2) is 41.1 Å². The van der Waals surface area contributed by atoms with Crippen molar-refractivity contribution in [2.45, 2.75) is 33.3 Å². The van der Waals surface area contributed by atoms with Gasteiger partial charge >= 0.3 is 5.97 Å². The van der Waals surface area contributed by atoms with Crippen LogP contribution in [0.25, 0.3) is 0 Å². The third kappa shape index (κ3) is 3.43. The maximum Gasteiger partial charge on any atom is 0.311 e. The van der Waals surface area contributed by atoms with Gasteiger partial charge in [-0.3, -0.25) is 9.59 Å². The van der Waals surface area contributed by atoms with Crippen molar-refractivity contribution >= 4 is 27.8 Å². The van der Waals surface area contributed by atoms with Gasteiger partial charge in [-0.1, -0.05) is 6.07 Å². The summed E-state index contributed by atoms with van der Waals surface area (Å²) in [6.07, 6.45) is -0.190. The molecule has 1 aliphatic rings. The van der Waals surface area contributed by atoms with E-state index in [9.17, 15) is 14.7 Å². The van der Waals surface area contributed by atoms with Crippen LogP contribution in [-0.2, 0) is 9.59 Å². The molecular weight excluding hydrogens is 350 g/mol. The van der Waals surface area contributed by atoms with E-state index >= 15 is 0 Å². The zero-order chi connectivity index (χ0) is 16.5. The molecule has 0 spiro atoms. The van der Waals surface area contributed by atoms with Crippen molar-refractivity contribution in [3.63, 3.8) is 0 Å². The average molecular weight is 370 g/mol. The van der Waals surface area contributed by atoms with E-state index < -0.39 is 17.5 Å². The van der Waals surface area contributed by atoms with Gasteiger partial charge < -0.3 is 14.7 Å². The van der Waals surface area contributed by atoms with E-state index in [-0.39, 0.29) is 12.5 Å². The Bertz CT molecular complexity index is 604. The van der Waals surface area contributed by atoms with Gasteiger partial charge in [0.1, 0.15) is 5.75 Å². The third-order valence-electron chi connectivity index (χ3n) is 4.04. The minimum Gasteiger partial charge on any atom is -0.481 e. The van der Waals surface area contributed by atoms with E-state index in [2.05, 4.69) is 15.9 Å². The van der Waals surface area contributed by atoms with Crippen LogP contribution >= 0.6 is 15.9 Å². The maximum absolute atomic E-state index is 12.4. The van der Waals surface area contributed by atoms with Crippen molar-refractivity contribution in [1.82, 2.24) is 4.90 Å². The molecular formula is C16H20BrNO4. The Hall–Kier alpha value is -1.56. The van der Waals surface area contributed by atoms with Crippen molar-refractivity contribution in [2.75, 3.05) is 13.1 Å². The Labute approximate surface area is 138 Å². The Morgan fingerprint density at radius 2 is 2.14 bits per heavy atom. The number of ether oxygens (including phenoxy) is 1. The quantitative estimate of drug-likeness (QED) is 0.885. The molecule has 120 valence electrons. The molecule has 2 rings (SSSR count). The van der Waals surface area contributed by atoms with E-state index in [1.807, 2.05) is 25.1 Å². The predicted molar refractivity (Wildman–Crippen MR) is 85.9 cm³/mol. The Balaban J connectivity index is 2.03. The fraction of sp³-hybridized carbons (Fsp3) is 0.500. The largest absolute Gasteiger partial charge is 0.481 e. The van der Waals surface area contributed by atoms with Gasteiger partial charge in [0.15, 0.2) is 6.10 Å². The fourth-order valence-electron chi connectivity index (χ4n) is 2.52. The van der Waals surface area contributed by atoms with Gasteiger partial charge in [0.25, 0.3) is 5.91 Å². The van der Waals surface area contributed by atoms with Gasteiger partial charge in [-0.15, -0.1) is 0 Å². The molecule has 2 unspecified atom stereocenters. The summed E-state index contributed by atoms with van der Waals surface area (Å²) < 4.78 is 6.51. The van der Waals surface area contributed by atoms with Gasteiger partial charge in [-0.25, -0.2) is 0 Å². The second-order valence-corrected chi connectivity index (χ2v) is 6.92. The number of amides is 1. The number of benzene rings is 1. The lowest BCUT2D eigenvalue weighted by Crippen LogP contribution is -2.41. The highest BCUT2D eigenvalue weighted by molar-refractivity contribution is 9.10. The topological polar surface area (TPSA) is 66.8 Å². The summed E-state index contributed by atoms with van der Waals surface area (Å²) in [4.78, 5) is 25.3. The van der Waals surface area contributed by atoms with Crippen LogP contribution in [0, 0.1) is 12.3 Å². The van der Waals surface area contributed by atoms with Crippen LogP contribution in [0.1, 0.15) is 25.8 Å². The molecule has 0 radical (unpaired) electrons. The van der Waals surface area contributed by atoms with Crippen molar-refractivity contribution in [2.24, 2.45) is 5.41 Å². The van der Waals surface area contributed by atoms with Gasteiger partial charge in [0.05, 0.1) is 9.89 Å². The number of carboxylic acids is 1. The van der Waals surface area contributed by atoms with E-state index in [0.717, 1.165) is 10.0 Å². The van der Waals surface area contributed by atoms with E-state index in [1.165, 1.54) is 0 Å². The molecule has 1 fully saturated rings. The van der Waals surface area contributed by atoms with Crippen LogP contribution in [0.3, 0.4) is 0 Å². The number of aliphatic carboxylic acids is 1. The van der Waals surface area contributed by atoms with Crippen LogP contribution < -0.4 is 4.74 Å². The number of aryl methyl sites for hydroxylation is 1. The number of likely N-dealkylation sites (tertiary alicyclic amines) is 1. The predicted octanol–water partition coefficient (Wildman–Crippen LogP) is 2.85. The molecule has 1 aromatic rings. The molecule has 2 atom stereocenters. The summed E-state index contributed by atoms with van der Waals surface area (Å²) in [7, 11) is 0. The van der Waals surface area contributed by atoms with E-state index in [0.29, 0.717) is 18.7 Å². The number of hydrogen-bond acceptors (Lipinski definition) is 3. The molecule has 0 aromatic heterocycles. The maximum atomic E-state index is 12.4. The number of hydrogen-bond donors (Lipinski definition) is 1. The normalized spacial score (nSPS) is 22.5. The number of nitrogens with zero attached hydrogens (tertiary/aromatic N) is 1. The number of carbonyl (C=O) groups is 2. The van der Waals surface area contributed by atoms with Gasteiger partial charge in [0.2, 0.25) is 0 Å². The van der Waals surface area contributed by atoms with Crippen molar-refractivity contribution in [3.05, 3.63) is 28.2 Å². The SMILES string of the molecule is Cc1ccc(OC(C)C(=O)N2CCC(C)(C(=O)O)C2)c(Br)c1. The molecule has 0 saturated carbocycles. The van der Waals surface area contributed by atoms with E-state index in [4.69, 9.17) is 4.74 Å². The Morgan fingerprint density at radius 1 is 1.45 bits per heavy atom. The van der Waals surface area contributed by atoms with Crippen molar-refractivity contribution in [3.8, 4) is 5.75 Å². The van der Waals surface area contributed by atoms with Crippen LogP contribution in [0.15, 0.2) is 22.7 Å². The second-order valence-electron chi connectivity index (χ2n) is 6.07. The zero-order valence-electron chi connectivity index (χ0n) is 12.9. The number of halogens is 1. The highest BCUT2D eigenvalue weighted by Crippen LogP contribution is 2.31. The Morgan fingerprint density at radius 3 is 2.68 bits per heavy atom. The Kier molecular flexibility index (Phi) is 4.80. The fourth-order valence-corrected chi connectivity index (χ4v) is 3.11. The lowest BCUT2D eigenvalue weighted by Gasteiger charge is -2.24. The second kappa shape index (κ2) is 6.28. The molecule has 1 aromatic carbocycles.